The van der Waals surface area contributed by atoms with Crippen molar-refractivity contribution in [2.75, 3.05) is 18.0 Å². The van der Waals surface area contributed by atoms with E-state index in [9.17, 15) is 0 Å². The average molecular weight is 301 g/mol. The molecular formula is C17H23N3S. The SMILES string of the molecule is CCCNC(C)c1sc(N2CCc3ccccc32)nc1C. The minimum atomic E-state index is 0.383. The molecule has 3 nitrogen and oxygen atoms in total. The van der Waals surface area contributed by atoms with E-state index in [-0.39, 0.29) is 0 Å². The molecule has 1 aliphatic heterocycles. The van der Waals surface area contributed by atoms with Gasteiger partial charge in [0.1, 0.15) is 0 Å². The lowest BCUT2D eigenvalue weighted by molar-refractivity contribution is 0.575. The van der Waals surface area contributed by atoms with Crippen LogP contribution >= 0.6 is 11.3 Å². The highest BCUT2D eigenvalue weighted by molar-refractivity contribution is 7.15. The first-order chi connectivity index (χ1) is 10.2. The Kier molecular flexibility index (Phi) is 4.27. The number of hydrogen-bond donors (Lipinski definition) is 1. The van der Waals surface area contributed by atoms with Gasteiger partial charge in [-0.05, 0) is 44.9 Å². The van der Waals surface area contributed by atoms with Gasteiger partial charge < -0.3 is 10.2 Å². The first-order valence-corrected chi connectivity index (χ1v) is 8.58. The van der Waals surface area contributed by atoms with Gasteiger partial charge in [0.15, 0.2) is 5.13 Å². The van der Waals surface area contributed by atoms with Crippen molar-refractivity contribution in [3.63, 3.8) is 0 Å². The molecule has 3 rings (SSSR count). The lowest BCUT2D eigenvalue weighted by atomic mass is 10.2. The molecule has 1 atom stereocenters. The predicted octanol–water partition coefficient (Wildman–Crippen LogP) is 4.21. The average Bonchev–Trinajstić information content (AvgIpc) is 3.08. The summed E-state index contributed by atoms with van der Waals surface area (Å²) in [5, 5.41) is 4.70. The van der Waals surface area contributed by atoms with Crippen molar-refractivity contribution in [1.82, 2.24) is 10.3 Å². The number of anilines is 2. The lowest BCUT2D eigenvalue weighted by Gasteiger charge is -2.15. The fraction of sp³-hybridized carbons (Fsp3) is 0.471. The molecule has 0 aliphatic carbocycles. The molecule has 1 unspecified atom stereocenters. The number of nitrogens with one attached hydrogen (secondary N) is 1. The third-order valence-electron chi connectivity index (χ3n) is 4.03. The molecule has 1 aliphatic rings. The molecule has 2 heterocycles. The van der Waals surface area contributed by atoms with Crippen LogP contribution < -0.4 is 10.2 Å². The monoisotopic (exact) mass is 301 g/mol. The highest BCUT2D eigenvalue weighted by atomic mass is 32.1. The van der Waals surface area contributed by atoms with E-state index in [1.54, 1.807) is 0 Å². The van der Waals surface area contributed by atoms with Crippen LogP contribution in [0.1, 0.15) is 42.4 Å². The Bertz CT molecular complexity index is 620. The van der Waals surface area contributed by atoms with Crippen LogP contribution in [0.15, 0.2) is 24.3 Å². The second-order valence-corrected chi connectivity index (χ2v) is 6.66. The van der Waals surface area contributed by atoms with Gasteiger partial charge in [0.2, 0.25) is 0 Å². The molecule has 0 fully saturated rings. The van der Waals surface area contributed by atoms with Gasteiger partial charge >= 0.3 is 0 Å². The second-order valence-electron chi connectivity index (χ2n) is 5.65. The zero-order valence-corrected chi connectivity index (χ0v) is 13.8. The molecule has 2 aromatic rings. The number of fused-ring (bicyclic) bond motifs is 1. The molecule has 0 radical (unpaired) electrons. The molecule has 21 heavy (non-hydrogen) atoms. The molecule has 1 aromatic carbocycles. The maximum atomic E-state index is 4.83. The summed E-state index contributed by atoms with van der Waals surface area (Å²) in [6.07, 6.45) is 2.28. The Balaban J connectivity index is 1.85. The minimum absolute atomic E-state index is 0.383. The highest BCUT2D eigenvalue weighted by Gasteiger charge is 2.24. The quantitative estimate of drug-likeness (QED) is 0.897. The Morgan fingerprint density at radius 2 is 2.19 bits per heavy atom. The van der Waals surface area contributed by atoms with E-state index < -0.39 is 0 Å². The first-order valence-electron chi connectivity index (χ1n) is 7.77. The standard InChI is InChI=1S/C17H23N3S/c1-4-10-18-12(2)16-13(3)19-17(21-16)20-11-9-14-7-5-6-8-15(14)20/h5-8,12,18H,4,9-11H2,1-3H3. The Hall–Kier alpha value is -1.39. The van der Waals surface area contributed by atoms with E-state index in [4.69, 9.17) is 4.98 Å². The topological polar surface area (TPSA) is 28.2 Å². The van der Waals surface area contributed by atoms with E-state index >= 15 is 0 Å². The smallest absolute Gasteiger partial charge is 0.190 e. The third kappa shape index (κ3) is 2.83. The number of thiazole rings is 1. The van der Waals surface area contributed by atoms with E-state index in [2.05, 4.69) is 55.3 Å². The summed E-state index contributed by atoms with van der Waals surface area (Å²) in [5.74, 6) is 0. The number of benzene rings is 1. The largest absolute Gasteiger partial charge is 0.317 e. The summed E-state index contributed by atoms with van der Waals surface area (Å²) in [5.41, 5.74) is 3.92. The first kappa shape index (κ1) is 14.5. The lowest BCUT2D eigenvalue weighted by Crippen LogP contribution is -2.18. The number of para-hydroxylation sites is 1. The fourth-order valence-corrected chi connectivity index (χ4v) is 4.03. The van der Waals surface area contributed by atoms with Crippen molar-refractivity contribution in [2.24, 2.45) is 0 Å². The second kappa shape index (κ2) is 6.16. The molecule has 0 amide bonds. The third-order valence-corrected chi connectivity index (χ3v) is 5.40. The molecule has 4 heteroatoms. The zero-order chi connectivity index (χ0) is 14.8. The normalized spacial score (nSPS) is 15.3. The number of nitrogens with zero attached hydrogens (tertiary/aromatic N) is 2. The maximum Gasteiger partial charge on any atom is 0.190 e. The molecule has 0 saturated carbocycles. The van der Waals surface area contributed by atoms with Crippen LogP contribution in [-0.2, 0) is 6.42 Å². The molecule has 1 aromatic heterocycles. The van der Waals surface area contributed by atoms with Gasteiger partial charge in [0.25, 0.3) is 0 Å². The van der Waals surface area contributed by atoms with Crippen molar-refractivity contribution in [1.29, 1.82) is 0 Å². The molecule has 1 N–H and O–H groups in total. The molecule has 0 bridgehead atoms. The summed E-state index contributed by atoms with van der Waals surface area (Å²) in [7, 11) is 0. The molecule has 0 spiro atoms. The Morgan fingerprint density at radius 1 is 1.38 bits per heavy atom. The number of aryl methyl sites for hydroxylation is 1. The van der Waals surface area contributed by atoms with Gasteiger partial charge in [-0.3, -0.25) is 0 Å². The molecular weight excluding hydrogens is 278 g/mol. The van der Waals surface area contributed by atoms with Crippen molar-refractivity contribution >= 4 is 22.2 Å². The van der Waals surface area contributed by atoms with Crippen molar-refractivity contribution in [2.45, 2.75) is 39.7 Å². The minimum Gasteiger partial charge on any atom is -0.317 e. The fourth-order valence-electron chi connectivity index (χ4n) is 2.90. The van der Waals surface area contributed by atoms with Crippen LogP contribution in [0.2, 0.25) is 0 Å². The van der Waals surface area contributed by atoms with E-state index in [1.165, 1.54) is 16.1 Å². The summed E-state index contributed by atoms with van der Waals surface area (Å²) in [6, 6.07) is 9.05. The van der Waals surface area contributed by atoms with E-state index in [0.717, 1.165) is 36.8 Å². The summed E-state index contributed by atoms with van der Waals surface area (Å²) >= 11 is 1.83. The molecule has 0 saturated heterocycles. The Morgan fingerprint density at radius 3 is 3.00 bits per heavy atom. The van der Waals surface area contributed by atoms with Gasteiger partial charge in [0, 0.05) is 23.2 Å². The van der Waals surface area contributed by atoms with Gasteiger partial charge in [-0.15, -0.1) is 0 Å². The number of rotatable bonds is 5. The summed E-state index contributed by atoms with van der Waals surface area (Å²) < 4.78 is 0. The van der Waals surface area contributed by atoms with Gasteiger partial charge in [-0.1, -0.05) is 36.5 Å². The van der Waals surface area contributed by atoms with E-state index in [1.807, 2.05) is 11.3 Å². The maximum absolute atomic E-state index is 4.83. The summed E-state index contributed by atoms with van der Waals surface area (Å²) in [4.78, 5) is 8.55. The van der Waals surface area contributed by atoms with Crippen LogP contribution in [-0.4, -0.2) is 18.1 Å². The number of hydrogen-bond acceptors (Lipinski definition) is 4. The van der Waals surface area contributed by atoms with Crippen LogP contribution in [0.25, 0.3) is 0 Å². The van der Waals surface area contributed by atoms with Crippen molar-refractivity contribution < 1.29 is 0 Å². The van der Waals surface area contributed by atoms with Crippen LogP contribution in [0.4, 0.5) is 10.8 Å². The van der Waals surface area contributed by atoms with Crippen molar-refractivity contribution in [3.05, 3.63) is 40.4 Å². The van der Waals surface area contributed by atoms with Crippen LogP contribution in [0.5, 0.6) is 0 Å². The van der Waals surface area contributed by atoms with Crippen LogP contribution in [0.3, 0.4) is 0 Å². The van der Waals surface area contributed by atoms with Crippen molar-refractivity contribution in [3.8, 4) is 0 Å². The number of aromatic nitrogens is 1. The Labute approximate surface area is 131 Å². The highest BCUT2D eigenvalue weighted by Crippen LogP contribution is 2.38. The van der Waals surface area contributed by atoms with Gasteiger partial charge in [-0.25, -0.2) is 4.98 Å². The molecule has 112 valence electrons. The zero-order valence-electron chi connectivity index (χ0n) is 13.0. The van der Waals surface area contributed by atoms with E-state index in [0.29, 0.717) is 6.04 Å². The summed E-state index contributed by atoms with van der Waals surface area (Å²) in [6.45, 7) is 8.66. The van der Waals surface area contributed by atoms with Crippen LogP contribution in [0, 0.1) is 6.92 Å². The van der Waals surface area contributed by atoms with Gasteiger partial charge in [-0.2, -0.15) is 0 Å². The van der Waals surface area contributed by atoms with Gasteiger partial charge in [0.05, 0.1) is 5.69 Å². The predicted molar refractivity (Wildman–Crippen MR) is 90.7 cm³/mol.